The second-order valence-electron chi connectivity index (χ2n) is 10.7. The molecule has 2 aliphatic heterocycles. The molecule has 1 aliphatic carbocycles. The van der Waals surface area contributed by atoms with Crippen LogP contribution in [0.1, 0.15) is 75.8 Å². The van der Waals surface area contributed by atoms with Crippen LogP contribution < -0.4 is 4.74 Å². The zero-order valence-corrected chi connectivity index (χ0v) is 20.2. The number of ether oxygens (including phenoxy) is 1. The molecule has 0 amide bonds. The molecule has 5 rings (SSSR count). The molecule has 34 heavy (non-hydrogen) atoms. The van der Waals surface area contributed by atoms with E-state index in [0.29, 0.717) is 17.6 Å². The first-order valence-corrected chi connectivity index (χ1v) is 13.2. The van der Waals surface area contributed by atoms with Crippen molar-refractivity contribution in [1.29, 1.82) is 5.26 Å². The van der Waals surface area contributed by atoms with E-state index >= 15 is 0 Å². The molecule has 1 N–H and O–H groups in total. The monoisotopic (exact) mass is 460 g/mol. The number of piperidine rings is 1. The number of aliphatic carboxylic acids is 1. The normalized spacial score (nSPS) is 29.1. The zero-order chi connectivity index (χ0) is 23.7. The van der Waals surface area contributed by atoms with E-state index in [1.54, 1.807) is 0 Å². The highest BCUT2D eigenvalue weighted by molar-refractivity contribution is 5.90. The predicted octanol–water partition coefficient (Wildman–Crippen LogP) is 5.93. The zero-order valence-electron chi connectivity index (χ0n) is 20.2. The molecule has 2 aromatic carbocycles. The number of nitrogens with zero attached hydrogens (tertiary/aromatic N) is 2. The first kappa shape index (κ1) is 23.2. The van der Waals surface area contributed by atoms with E-state index in [4.69, 9.17) is 4.74 Å². The van der Waals surface area contributed by atoms with Crippen molar-refractivity contribution in [3.8, 4) is 11.8 Å². The molecule has 2 atom stereocenters. The summed E-state index contributed by atoms with van der Waals surface area (Å²) in [6, 6.07) is 13.7. The Labute approximate surface area is 202 Å². The quantitative estimate of drug-likeness (QED) is 0.554. The Hall–Kier alpha value is -2.58. The smallest absolute Gasteiger partial charge is 0.306 e. The number of hydrogen-bond donors (Lipinski definition) is 1. The topological polar surface area (TPSA) is 73.6 Å². The van der Waals surface area contributed by atoms with Crippen LogP contribution in [0.5, 0.6) is 5.75 Å². The molecule has 2 aromatic rings. The summed E-state index contributed by atoms with van der Waals surface area (Å²) >= 11 is 0. The van der Waals surface area contributed by atoms with E-state index in [0.717, 1.165) is 73.9 Å². The number of rotatable bonds is 7. The van der Waals surface area contributed by atoms with Crippen molar-refractivity contribution >= 4 is 16.7 Å². The fraction of sp³-hybridized carbons (Fsp3) is 0.586. The van der Waals surface area contributed by atoms with Crippen LogP contribution in [0, 0.1) is 23.2 Å². The maximum atomic E-state index is 11.4. The minimum atomic E-state index is -0.628. The van der Waals surface area contributed by atoms with Crippen LogP contribution in [0.3, 0.4) is 0 Å². The standard InChI is InChI=1S/C29H36N2O3/c1-2-19-3-9-25(10-4-19)34-28-12-6-21-15-20(5-11-26(21)27(28)18-30)13-14-31-23-7-8-24(31)17-22(16-23)29(32)33/h5-6,11-12,15,19,22-25H,2-4,7-10,13-14,16-17H2,1H3,(H,32,33)/t19-,22?,23?,24?,25+. The Balaban J connectivity index is 1.26. The molecule has 2 saturated heterocycles. The lowest BCUT2D eigenvalue weighted by molar-refractivity contribution is -0.144. The van der Waals surface area contributed by atoms with Crippen molar-refractivity contribution in [1.82, 2.24) is 4.90 Å². The fourth-order valence-electron chi connectivity index (χ4n) is 6.66. The highest BCUT2D eigenvalue weighted by Crippen LogP contribution is 2.39. The Bertz CT molecular complexity index is 1070. The minimum absolute atomic E-state index is 0.170. The molecule has 1 saturated carbocycles. The maximum absolute atomic E-state index is 11.4. The Morgan fingerprint density at radius 1 is 1.09 bits per heavy atom. The molecule has 5 heteroatoms. The predicted molar refractivity (Wildman–Crippen MR) is 133 cm³/mol. The molecule has 0 spiro atoms. The van der Waals surface area contributed by atoms with E-state index in [2.05, 4.69) is 42.2 Å². The number of hydrogen-bond acceptors (Lipinski definition) is 4. The number of carboxylic acids is 1. The highest BCUT2D eigenvalue weighted by Gasteiger charge is 2.42. The van der Waals surface area contributed by atoms with Gasteiger partial charge in [-0.05, 0) is 80.7 Å². The van der Waals surface area contributed by atoms with Gasteiger partial charge in [-0.3, -0.25) is 9.69 Å². The molecule has 180 valence electrons. The summed E-state index contributed by atoms with van der Waals surface area (Å²) in [5, 5.41) is 21.4. The van der Waals surface area contributed by atoms with Crippen molar-refractivity contribution < 1.29 is 14.6 Å². The van der Waals surface area contributed by atoms with E-state index in [9.17, 15) is 15.2 Å². The largest absolute Gasteiger partial charge is 0.489 e. The van der Waals surface area contributed by atoms with Gasteiger partial charge in [0.25, 0.3) is 0 Å². The van der Waals surface area contributed by atoms with Gasteiger partial charge in [-0.15, -0.1) is 0 Å². The summed E-state index contributed by atoms with van der Waals surface area (Å²) in [6.07, 6.45) is 10.8. The number of carboxylic acid groups (broad SMARTS) is 1. The Morgan fingerprint density at radius 3 is 2.47 bits per heavy atom. The molecular formula is C29H36N2O3. The van der Waals surface area contributed by atoms with E-state index in [-0.39, 0.29) is 12.0 Å². The van der Waals surface area contributed by atoms with E-state index in [1.807, 2.05) is 6.07 Å². The summed E-state index contributed by atoms with van der Waals surface area (Å²) in [4.78, 5) is 14.0. The highest BCUT2D eigenvalue weighted by atomic mass is 16.5. The van der Waals surface area contributed by atoms with Crippen molar-refractivity contribution in [2.75, 3.05) is 6.54 Å². The van der Waals surface area contributed by atoms with Crippen LogP contribution in [-0.4, -0.2) is 40.7 Å². The summed E-state index contributed by atoms with van der Waals surface area (Å²) in [7, 11) is 0. The lowest BCUT2D eigenvalue weighted by atomic mass is 9.86. The van der Waals surface area contributed by atoms with Gasteiger partial charge in [-0.25, -0.2) is 0 Å². The summed E-state index contributed by atoms with van der Waals surface area (Å²) in [5.74, 6) is 0.748. The average Bonchev–Trinajstić information content (AvgIpc) is 3.09. The molecule has 5 nitrogen and oxygen atoms in total. The van der Waals surface area contributed by atoms with Crippen molar-refractivity contribution in [2.24, 2.45) is 11.8 Å². The molecule has 2 heterocycles. The lowest BCUT2D eigenvalue weighted by Crippen LogP contribution is -2.45. The van der Waals surface area contributed by atoms with Gasteiger partial charge in [0, 0.05) is 24.0 Å². The summed E-state index contributed by atoms with van der Waals surface area (Å²) < 4.78 is 6.32. The first-order chi connectivity index (χ1) is 16.6. The van der Waals surface area contributed by atoms with Gasteiger partial charge < -0.3 is 9.84 Å². The van der Waals surface area contributed by atoms with Gasteiger partial charge in [0.15, 0.2) is 0 Å². The van der Waals surface area contributed by atoms with Crippen molar-refractivity contribution in [3.63, 3.8) is 0 Å². The van der Waals surface area contributed by atoms with Gasteiger partial charge in [0.05, 0.1) is 12.0 Å². The van der Waals surface area contributed by atoms with Gasteiger partial charge in [-0.1, -0.05) is 37.6 Å². The second-order valence-corrected chi connectivity index (χ2v) is 10.7. The molecule has 3 fully saturated rings. The second kappa shape index (κ2) is 9.96. The third-order valence-electron chi connectivity index (χ3n) is 8.71. The lowest BCUT2D eigenvalue weighted by Gasteiger charge is -2.37. The van der Waals surface area contributed by atoms with Gasteiger partial charge in [0.1, 0.15) is 17.4 Å². The number of fused-ring (bicyclic) bond motifs is 3. The molecule has 3 aliphatic rings. The van der Waals surface area contributed by atoms with E-state index in [1.165, 1.54) is 24.8 Å². The molecule has 2 bridgehead atoms. The maximum Gasteiger partial charge on any atom is 0.306 e. The van der Waals surface area contributed by atoms with Gasteiger partial charge in [0.2, 0.25) is 0 Å². The van der Waals surface area contributed by atoms with Gasteiger partial charge >= 0.3 is 5.97 Å². The fourth-order valence-corrected chi connectivity index (χ4v) is 6.66. The summed E-state index contributed by atoms with van der Waals surface area (Å²) in [5.41, 5.74) is 1.91. The van der Waals surface area contributed by atoms with Crippen LogP contribution in [0.15, 0.2) is 30.3 Å². The number of nitriles is 1. The third-order valence-corrected chi connectivity index (χ3v) is 8.71. The SMILES string of the molecule is CC[C@H]1CC[C@@H](Oc2ccc3cc(CCN4C5CCC4CC(C(=O)O)C5)ccc3c2C#N)CC1. The molecule has 2 unspecified atom stereocenters. The van der Waals surface area contributed by atoms with Crippen molar-refractivity contribution in [3.05, 3.63) is 41.5 Å². The summed E-state index contributed by atoms with van der Waals surface area (Å²) in [6.45, 7) is 3.24. The van der Waals surface area contributed by atoms with Crippen molar-refractivity contribution in [2.45, 2.75) is 89.3 Å². The van der Waals surface area contributed by atoms with Crippen LogP contribution in [-0.2, 0) is 11.2 Å². The van der Waals surface area contributed by atoms with E-state index < -0.39 is 5.97 Å². The number of carbonyl (C=O) groups is 1. The van der Waals surface area contributed by atoms with Crippen LogP contribution >= 0.6 is 0 Å². The minimum Gasteiger partial charge on any atom is -0.489 e. The van der Waals surface area contributed by atoms with Crippen LogP contribution in [0.4, 0.5) is 0 Å². The molecule has 0 radical (unpaired) electrons. The van der Waals surface area contributed by atoms with Crippen LogP contribution in [0.25, 0.3) is 10.8 Å². The number of benzene rings is 2. The Morgan fingerprint density at radius 2 is 1.82 bits per heavy atom. The molecule has 0 aromatic heterocycles. The van der Waals surface area contributed by atoms with Crippen LogP contribution in [0.2, 0.25) is 0 Å². The molecular weight excluding hydrogens is 424 g/mol. The average molecular weight is 461 g/mol. The first-order valence-electron chi connectivity index (χ1n) is 13.2. The van der Waals surface area contributed by atoms with Gasteiger partial charge in [-0.2, -0.15) is 5.26 Å². The Kier molecular flexibility index (Phi) is 6.79. The third kappa shape index (κ3) is 4.66.